The molecule has 0 unspecified atom stereocenters. The van der Waals surface area contributed by atoms with E-state index >= 15 is 0 Å². The average Bonchev–Trinajstić information content (AvgIpc) is 3.18. The molecule has 0 aliphatic carbocycles. The number of hydrogen-bond donors (Lipinski definition) is 1. The highest BCUT2D eigenvalue weighted by Crippen LogP contribution is 2.23. The number of anilines is 1. The second kappa shape index (κ2) is 7.46. The summed E-state index contributed by atoms with van der Waals surface area (Å²) in [6, 6.07) is 16.5. The Labute approximate surface area is 163 Å². The Balaban J connectivity index is 1.46. The number of rotatable bonds is 3. The molecule has 6 heteroatoms. The number of halogens is 1. The monoisotopic (exact) mass is 378 g/mol. The first-order valence-corrected chi connectivity index (χ1v) is 9.45. The van der Waals surface area contributed by atoms with E-state index in [9.17, 15) is 9.18 Å². The van der Waals surface area contributed by atoms with Gasteiger partial charge in [0, 0.05) is 36.9 Å². The molecule has 5 nitrogen and oxygen atoms in total. The van der Waals surface area contributed by atoms with Crippen LogP contribution in [0, 0.1) is 12.7 Å². The van der Waals surface area contributed by atoms with Crippen molar-refractivity contribution in [2.75, 3.05) is 24.5 Å². The molecule has 1 N–H and O–H groups in total. The smallest absolute Gasteiger partial charge is 0.272 e. The van der Waals surface area contributed by atoms with Crippen molar-refractivity contribution in [2.45, 2.75) is 19.9 Å². The van der Waals surface area contributed by atoms with Gasteiger partial charge in [0.25, 0.3) is 5.91 Å². The number of hydrogen-bond acceptors (Lipinski definition) is 3. The molecule has 0 spiro atoms. The zero-order valence-electron chi connectivity index (χ0n) is 16.0. The van der Waals surface area contributed by atoms with E-state index in [0.29, 0.717) is 24.5 Å². The summed E-state index contributed by atoms with van der Waals surface area (Å²) in [5, 5.41) is 7.05. The van der Waals surface area contributed by atoms with Crippen LogP contribution in [-0.2, 0) is 0 Å². The minimum atomic E-state index is -0.295. The average molecular weight is 378 g/mol. The Kier molecular flexibility index (Phi) is 4.86. The van der Waals surface area contributed by atoms with Crippen LogP contribution in [0.5, 0.6) is 0 Å². The molecule has 0 radical (unpaired) electrons. The van der Waals surface area contributed by atoms with Crippen molar-refractivity contribution in [1.82, 2.24) is 15.1 Å². The van der Waals surface area contributed by atoms with E-state index in [0.717, 1.165) is 12.1 Å². The van der Waals surface area contributed by atoms with Crippen LogP contribution < -0.4 is 4.90 Å². The number of aromatic amines is 1. The van der Waals surface area contributed by atoms with Crippen LogP contribution in [0.15, 0.2) is 54.6 Å². The normalized spacial score (nSPS) is 17.0. The van der Waals surface area contributed by atoms with E-state index in [1.807, 2.05) is 4.90 Å². The first kappa shape index (κ1) is 18.2. The molecule has 3 aromatic rings. The highest BCUT2D eigenvalue weighted by Gasteiger charge is 2.28. The van der Waals surface area contributed by atoms with Gasteiger partial charge in [-0.25, -0.2) is 4.39 Å². The summed E-state index contributed by atoms with van der Waals surface area (Å²) < 4.78 is 13.1. The quantitative estimate of drug-likeness (QED) is 0.753. The van der Waals surface area contributed by atoms with Crippen LogP contribution in [0.2, 0.25) is 0 Å². The molecule has 1 amide bonds. The predicted molar refractivity (Wildman–Crippen MR) is 108 cm³/mol. The minimum Gasteiger partial charge on any atom is -0.365 e. The Morgan fingerprint density at radius 3 is 2.64 bits per heavy atom. The molecular formula is C22H23FN4O. The summed E-state index contributed by atoms with van der Waals surface area (Å²) in [5.41, 5.74) is 4.29. The minimum absolute atomic E-state index is 0.0587. The number of aryl methyl sites for hydroxylation is 1. The highest BCUT2D eigenvalue weighted by molar-refractivity contribution is 5.93. The Morgan fingerprint density at radius 2 is 1.93 bits per heavy atom. The molecule has 1 aliphatic heterocycles. The lowest BCUT2D eigenvalue weighted by atomic mass is 10.1. The molecule has 1 fully saturated rings. The van der Waals surface area contributed by atoms with Crippen LogP contribution in [-0.4, -0.2) is 46.7 Å². The van der Waals surface area contributed by atoms with E-state index in [-0.39, 0.29) is 17.8 Å². The van der Waals surface area contributed by atoms with Gasteiger partial charge in [-0.2, -0.15) is 5.10 Å². The van der Waals surface area contributed by atoms with Crippen LogP contribution in [0.1, 0.15) is 23.0 Å². The van der Waals surface area contributed by atoms with Crippen molar-refractivity contribution >= 4 is 11.6 Å². The third kappa shape index (κ3) is 3.63. The molecule has 2 heterocycles. The third-order valence-corrected chi connectivity index (χ3v) is 5.20. The third-order valence-electron chi connectivity index (χ3n) is 5.20. The molecule has 0 saturated carbocycles. The van der Waals surface area contributed by atoms with E-state index in [1.54, 1.807) is 18.2 Å². The predicted octanol–water partition coefficient (Wildman–Crippen LogP) is 3.88. The zero-order chi connectivity index (χ0) is 19.7. The van der Waals surface area contributed by atoms with Crippen LogP contribution in [0.25, 0.3) is 11.3 Å². The fraction of sp³-hybridized carbons (Fsp3) is 0.273. The molecule has 144 valence electrons. The van der Waals surface area contributed by atoms with Gasteiger partial charge >= 0.3 is 0 Å². The first-order chi connectivity index (χ1) is 13.5. The van der Waals surface area contributed by atoms with E-state index in [1.165, 1.54) is 23.4 Å². The largest absolute Gasteiger partial charge is 0.365 e. The number of nitrogens with zero attached hydrogens (tertiary/aromatic N) is 3. The second-order valence-corrected chi connectivity index (χ2v) is 7.31. The molecule has 1 aromatic heterocycles. The van der Waals surface area contributed by atoms with Crippen molar-refractivity contribution in [3.8, 4) is 11.3 Å². The van der Waals surface area contributed by atoms with Gasteiger partial charge in [-0.3, -0.25) is 9.89 Å². The van der Waals surface area contributed by atoms with Gasteiger partial charge in [0.1, 0.15) is 11.5 Å². The Bertz CT molecular complexity index is 982. The SMILES string of the molecule is Cc1cccc(N2CCN(C(=O)c3cc(-c4ccc(F)cc4)n[nH]3)C[C@H]2C)c1. The van der Waals surface area contributed by atoms with Gasteiger partial charge < -0.3 is 9.80 Å². The summed E-state index contributed by atoms with van der Waals surface area (Å²) in [7, 11) is 0. The molecule has 1 atom stereocenters. The number of benzene rings is 2. The molecule has 1 saturated heterocycles. The van der Waals surface area contributed by atoms with Gasteiger partial charge in [-0.15, -0.1) is 0 Å². The Hall–Kier alpha value is -3.15. The number of carbonyl (C=O) groups is 1. The number of H-pyrrole nitrogens is 1. The maximum atomic E-state index is 13.1. The van der Waals surface area contributed by atoms with Crippen molar-refractivity contribution < 1.29 is 9.18 Å². The van der Waals surface area contributed by atoms with Gasteiger partial charge in [-0.05, 0) is 61.9 Å². The fourth-order valence-corrected chi connectivity index (χ4v) is 3.70. The van der Waals surface area contributed by atoms with Crippen molar-refractivity contribution in [3.63, 3.8) is 0 Å². The second-order valence-electron chi connectivity index (χ2n) is 7.31. The van der Waals surface area contributed by atoms with E-state index in [2.05, 4.69) is 53.2 Å². The van der Waals surface area contributed by atoms with Crippen molar-refractivity contribution in [1.29, 1.82) is 0 Å². The summed E-state index contributed by atoms with van der Waals surface area (Å²) in [4.78, 5) is 17.1. The lowest BCUT2D eigenvalue weighted by molar-refractivity contribution is 0.0720. The highest BCUT2D eigenvalue weighted by atomic mass is 19.1. The van der Waals surface area contributed by atoms with E-state index in [4.69, 9.17) is 0 Å². The maximum Gasteiger partial charge on any atom is 0.272 e. The Morgan fingerprint density at radius 1 is 1.14 bits per heavy atom. The number of aromatic nitrogens is 2. The summed E-state index contributed by atoms with van der Waals surface area (Å²) in [6.45, 7) is 6.32. The van der Waals surface area contributed by atoms with Crippen LogP contribution >= 0.6 is 0 Å². The van der Waals surface area contributed by atoms with Gasteiger partial charge in [-0.1, -0.05) is 12.1 Å². The van der Waals surface area contributed by atoms with Gasteiger partial charge in [0.2, 0.25) is 0 Å². The topological polar surface area (TPSA) is 52.2 Å². The summed E-state index contributed by atoms with van der Waals surface area (Å²) in [5.74, 6) is -0.354. The van der Waals surface area contributed by atoms with Crippen LogP contribution in [0.4, 0.5) is 10.1 Å². The molecule has 2 aromatic carbocycles. The maximum absolute atomic E-state index is 13.1. The molecule has 0 bridgehead atoms. The lowest BCUT2D eigenvalue weighted by Gasteiger charge is -2.41. The van der Waals surface area contributed by atoms with E-state index < -0.39 is 0 Å². The van der Waals surface area contributed by atoms with Crippen LogP contribution in [0.3, 0.4) is 0 Å². The van der Waals surface area contributed by atoms with Crippen molar-refractivity contribution in [3.05, 3.63) is 71.7 Å². The standard InChI is InChI=1S/C22H23FN4O/c1-15-4-3-5-19(12-15)27-11-10-26(14-16(27)2)22(28)21-13-20(24-25-21)17-6-8-18(23)9-7-17/h3-9,12-13,16H,10-11,14H2,1-2H3,(H,24,25)/t16-/m1/s1. The van der Waals surface area contributed by atoms with Gasteiger partial charge in [0.05, 0.1) is 5.69 Å². The molecule has 1 aliphatic rings. The number of nitrogens with one attached hydrogen (secondary N) is 1. The zero-order valence-corrected chi connectivity index (χ0v) is 16.0. The molecule has 4 rings (SSSR count). The van der Waals surface area contributed by atoms with Crippen molar-refractivity contribution in [2.24, 2.45) is 0 Å². The fourth-order valence-electron chi connectivity index (χ4n) is 3.70. The number of amides is 1. The summed E-state index contributed by atoms with van der Waals surface area (Å²) in [6.07, 6.45) is 0. The first-order valence-electron chi connectivity index (χ1n) is 9.45. The number of carbonyl (C=O) groups excluding carboxylic acids is 1. The summed E-state index contributed by atoms with van der Waals surface area (Å²) >= 11 is 0. The lowest BCUT2D eigenvalue weighted by Crippen LogP contribution is -2.53. The van der Waals surface area contributed by atoms with Gasteiger partial charge in [0.15, 0.2) is 0 Å². The number of piperazine rings is 1. The molecule has 28 heavy (non-hydrogen) atoms. The molecular weight excluding hydrogens is 355 g/mol.